The molecule has 1 atom stereocenters. The van der Waals surface area contributed by atoms with Gasteiger partial charge in [0.25, 0.3) is 0 Å². The van der Waals surface area contributed by atoms with Gasteiger partial charge < -0.3 is 26.6 Å². The summed E-state index contributed by atoms with van der Waals surface area (Å²) >= 11 is 0. The Hall–Kier alpha value is -2.25. The van der Waals surface area contributed by atoms with Gasteiger partial charge in [-0.2, -0.15) is 0 Å². The van der Waals surface area contributed by atoms with E-state index in [9.17, 15) is 14.4 Å². The van der Waals surface area contributed by atoms with Gasteiger partial charge in [-0.15, -0.1) is 0 Å². The summed E-state index contributed by atoms with van der Waals surface area (Å²) in [6.07, 6.45) is 6.45. The van der Waals surface area contributed by atoms with Crippen molar-refractivity contribution in [2.45, 2.75) is 71.6 Å². The molecule has 1 saturated carbocycles. The molecule has 0 aromatic rings. The first-order valence-electron chi connectivity index (χ1n) is 8.82. The second-order valence-corrected chi connectivity index (χ2v) is 6.72. The Kier molecular flexibility index (Phi) is 8.24. The van der Waals surface area contributed by atoms with E-state index in [0.29, 0.717) is 0 Å². The molecule has 142 valence electrons. The second-order valence-electron chi connectivity index (χ2n) is 6.72. The first-order chi connectivity index (χ1) is 11.7. The Morgan fingerprint density at radius 2 is 1.88 bits per heavy atom. The van der Waals surface area contributed by atoms with Gasteiger partial charge in [0.2, 0.25) is 11.8 Å². The highest BCUT2D eigenvalue weighted by atomic mass is 16.2. The summed E-state index contributed by atoms with van der Waals surface area (Å²) in [6.45, 7) is 7.98. The van der Waals surface area contributed by atoms with Gasteiger partial charge in [0.1, 0.15) is 0 Å². The van der Waals surface area contributed by atoms with Crippen LogP contribution in [-0.2, 0) is 9.59 Å². The van der Waals surface area contributed by atoms with Crippen LogP contribution in [-0.4, -0.2) is 36.2 Å². The summed E-state index contributed by atoms with van der Waals surface area (Å²) in [7, 11) is 0. The zero-order valence-electron chi connectivity index (χ0n) is 15.6. The van der Waals surface area contributed by atoms with Crippen molar-refractivity contribution in [1.82, 2.24) is 26.6 Å². The van der Waals surface area contributed by atoms with Crippen LogP contribution in [0.5, 0.6) is 0 Å². The summed E-state index contributed by atoms with van der Waals surface area (Å²) in [5.41, 5.74) is 0.601. The van der Waals surface area contributed by atoms with E-state index in [-0.39, 0.29) is 23.4 Å². The molecular formula is C17H31N5O3. The molecule has 5 N–H and O–H groups in total. The van der Waals surface area contributed by atoms with E-state index in [1.54, 1.807) is 6.92 Å². The number of amides is 4. The molecule has 1 aliphatic heterocycles. The number of urea groups is 1. The minimum absolute atomic E-state index is 0.0394. The largest absolute Gasteiger partial charge is 0.357 e. The summed E-state index contributed by atoms with van der Waals surface area (Å²) in [5.74, 6) is -0.164. The maximum atomic E-state index is 12.0. The third-order valence-corrected chi connectivity index (χ3v) is 4.08. The molecule has 0 aromatic carbocycles. The molecule has 1 heterocycles. The van der Waals surface area contributed by atoms with Gasteiger partial charge >= 0.3 is 6.03 Å². The Balaban J connectivity index is 0.000000450. The number of carbonyl (C=O) groups excluding carboxylic acids is 3. The quantitative estimate of drug-likeness (QED) is 0.522. The molecule has 1 aliphatic carbocycles. The monoisotopic (exact) mass is 353 g/mol. The fraction of sp³-hybridized carbons (Fsp3) is 0.706. The van der Waals surface area contributed by atoms with Gasteiger partial charge in [0.15, 0.2) is 6.29 Å². The molecule has 8 nitrogen and oxygen atoms in total. The normalized spacial score (nSPS) is 21.4. The number of hydrogen-bond acceptors (Lipinski definition) is 4. The number of hydrogen-bond donors (Lipinski definition) is 5. The Bertz CT molecular complexity index is 512. The van der Waals surface area contributed by atoms with Crippen LogP contribution in [0.15, 0.2) is 11.8 Å². The lowest BCUT2D eigenvalue weighted by molar-refractivity contribution is -0.119. The van der Waals surface area contributed by atoms with Gasteiger partial charge in [-0.05, 0) is 33.6 Å². The molecule has 25 heavy (non-hydrogen) atoms. The van der Waals surface area contributed by atoms with Crippen LogP contribution in [0.25, 0.3) is 0 Å². The summed E-state index contributed by atoms with van der Waals surface area (Å²) in [5, 5.41) is 13.9. The van der Waals surface area contributed by atoms with Crippen molar-refractivity contribution in [2.75, 3.05) is 6.54 Å². The second kappa shape index (κ2) is 9.90. The highest BCUT2D eigenvalue weighted by Gasteiger charge is 2.29. The van der Waals surface area contributed by atoms with Crippen molar-refractivity contribution in [2.24, 2.45) is 0 Å². The number of allylic oxidation sites excluding steroid dienone is 1. The fourth-order valence-electron chi connectivity index (χ4n) is 2.91. The molecule has 0 bridgehead atoms. The summed E-state index contributed by atoms with van der Waals surface area (Å²) in [4.78, 5) is 33.2. The third kappa shape index (κ3) is 8.42. The van der Waals surface area contributed by atoms with Crippen molar-refractivity contribution < 1.29 is 14.4 Å². The lowest BCUT2D eigenvalue weighted by atomic mass is 9.83. The van der Waals surface area contributed by atoms with Crippen molar-refractivity contribution in [3.63, 3.8) is 0 Å². The minimum atomic E-state index is -0.551. The van der Waals surface area contributed by atoms with Crippen LogP contribution in [0.3, 0.4) is 0 Å². The predicted octanol–water partition coefficient (Wildman–Crippen LogP) is 1.06. The summed E-state index contributed by atoms with van der Waals surface area (Å²) in [6, 6.07) is -0.253. The Morgan fingerprint density at radius 3 is 2.36 bits per heavy atom. The molecule has 0 aromatic heterocycles. The van der Waals surface area contributed by atoms with Crippen molar-refractivity contribution in [1.29, 1.82) is 0 Å². The molecule has 4 amide bonds. The van der Waals surface area contributed by atoms with Gasteiger partial charge in [-0.3, -0.25) is 9.59 Å². The van der Waals surface area contributed by atoms with Gasteiger partial charge in [0.05, 0.1) is 0 Å². The Labute approximate surface area is 149 Å². The third-order valence-electron chi connectivity index (χ3n) is 4.08. The molecule has 0 saturated heterocycles. The average Bonchev–Trinajstić information content (AvgIpc) is 2.46. The van der Waals surface area contributed by atoms with E-state index in [4.69, 9.17) is 0 Å². The van der Waals surface area contributed by atoms with E-state index >= 15 is 0 Å². The lowest BCUT2D eigenvalue weighted by Gasteiger charge is -2.35. The molecule has 0 spiro atoms. The Morgan fingerprint density at radius 1 is 1.24 bits per heavy atom. The molecule has 1 unspecified atom stereocenters. The topological polar surface area (TPSA) is 111 Å². The van der Waals surface area contributed by atoms with Crippen LogP contribution in [0, 0.1) is 0 Å². The maximum absolute atomic E-state index is 12.0. The molecular weight excluding hydrogens is 322 g/mol. The maximum Gasteiger partial charge on any atom is 0.318 e. The molecule has 0 radical (unpaired) electrons. The zero-order valence-corrected chi connectivity index (χ0v) is 15.6. The highest BCUT2D eigenvalue weighted by molar-refractivity contribution is 5.89. The van der Waals surface area contributed by atoms with Crippen molar-refractivity contribution in [3.8, 4) is 0 Å². The molecule has 2 aliphatic rings. The van der Waals surface area contributed by atoms with Crippen LogP contribution in [0.4, 0.5) is 4.79 Å². The van der Waals surface area contributed by atoms with Crippen LogP contribution in [0.2, 0.25) is 0 Å². The minimum Gasteiger partial charge on any atom is -0.357 e. The first kappa shape index (κ1) is 20.8. The number of rotatable bonds is 3. The smallest absolute Gasteiger partial charge is 0.318 e. The van der Waals surface area contributed by atoms with Crippen molar-refractivity contribution >= 4 is 17.8 Å². The van der Waals surface area contributed by atoms with E-state index in [0.717, 1.165) is 37.9 Å². The van der Waals surface area contributed by atoms with Gasteiger partial charge in [-0.25, -0.2) is 4.79 Å². The van der Waals surface area contributed by atoms with E-state index < -0.39 is 6.29 Å². The highest BCUT2D eigenvalue weighted by Crippen LogP contribution is 2.27. The molecule has 8 heteroatoms. The zero-order chi connectivity index (χ0) is 18.9. The van der Waals surface area contributed by atoms with Gasteiger partial charge in [-0.1, -0.05) is 19.3 Å². The predicted molar refractivity (Wildman–Crippen MR) is 96.3 cm³/mol. The molecule has 1 fully saturated rings. The van der Waals surface area contributed by atoms with E-state index in [1.807, 2.05) is 6.92 Å². The first-order valence-corrected chi connectivity index (χ1v) is 8.82. The SMILES string of the molecule is CC1=CC(=O)NC(NC(=O)NC2(C)CCCCC2)N1.CCNC(C)=O. The van der Waals surface area contributed by atoms with Crippen LogP contribution < -0.4 is 26.6 Å². The van der Waals surface area contributed by atoms with Crippen molar-refractivity contribution in [3.05, 3.63) is 11.8 Å². The van der Waals surface area contributed by atoms with Crippen LogP contribution >= 0.6 is 0 Å². The lowest BCUT2D eigenvalue weighted by Crippen LogP contribution is -2.62. The van der Waals surface area contributed by atoms with Gasteiger partial charge in [0, 0.05) is 30.8 Å². The summed E-state index contributed by atoms with van der Waals surface area (Å²) < 4.78 is 0. The molecule has 2 rings (SSSR count). The standard InChI is InChI=1S/C13H22N4O2.C4H9NO/c1-9-8-10(18)15-11(14-9)16-12(19)17-13(2)6-4-3-5-7-13;1-3-5-4(2)6/h8,11,14H,3-7H2,1-2H3,(H,15,18)(H2,16,17,19);3H2,1-2H3,(H,5,6). The average molecular weight is 353 g/mol. The number of carbonyl (C=O) groups is 3. The fourth-order valence-corrected chi connectivity index (χ4v) is 2.91. The van der Waals surface area contributed by atoms with E-state index in [2.05, 4.69) is 33.5 Å². The van der Waals surface area contributed by atoms with E-state index in [1.165, 1.54) is 19.4 Å². The van der Waals surface area contributed by atoms with Crippen LogP contribution in [0.1, 0.15) is 59.8 Å². The number of nitrogens with one attached hydrogen (secondary N) is 5.